The number of rotatable bonds is 6. The van der Waals surface area contributed by atoms with Gasteiger partial charge in [0.1, 0.15) is 17.2 Å². The molecule has 0 heterocycles. The smallest absolute Gasteiger partial charge is 0.189 e. The highest BCUT2D eigenvalue weighted by Gasteiger charge is 2.08. The molecule has 0 saturated heterocycles. The Morgan fingerprint density at radius 2 is 1.96 bits per heavy atom. The third-order valence-corrected chi connectivity index (χ3v) is 3.12. The topological polar surface area (TPSA) is 66.8 Å². The van der Waals surface area contributed by atoms with E-state index in [0.29, 0.717) is 12.5 Å². The van der Waals surface area contributed by atoms with Crippen molar-refractivity contribution >= 4 is 11.9 Å². The summed E-state index contributed by atoms with van der Waals surface area (Å²) in [4.78, 5) is 12.1. The normalized spacial score (nSPS) is 11.1. The molecule has 120 valence electrons. The molecule has 0 atom stereocenters. The summed E-state index contributed by atoms with van der Waals surface area (Å²) in [7, 11) is 0. The highest BCUT2D eigenvalue weighted by Crippen LogP contribution is 2.23. The second-order valence-corrected chi connectivity index (χ2v) is 5.68. The highest BCUT2D eigenvalue weighted by molar-refractivity contribution is 6.08. The van der Waals surface area contributed by atoms with Crippen molar-refractivity contribution in [2.75, 3.05) is 6.61 Å². The highest BCUT2D eigenvalue weighted by atomic mass is 16.5. The van der Waals surface area contributed by atoms with E-state index >= 15 is 0 Å². The summed E-state index contributed by atoms with van der Waals surface area (Å²) in [6.07, 6.45) is 3.05. The summed E-state index contributed by atoms with van der Waals surface area (Å²) < 4.78 is 5.65. The van der Waals surface area contributed by atoms with Gasteiger partial charge < -0.3 is 14.9 Å². The van der Waals surface area contributed by atoms with E-state index < -0.39 is 0 Å². The number of ketones is 1. The molecule has 0 amide bonds. The molecule has 0 fully saturated rings. The van der Waals surface area contributed by atoms with Gasteiger partial charge in [0.25, 0.3) is 0 Å². The van der Waals surface area contributed by atoms with Crippen LogP contribution < -0.4 is 4.74 Å². The van der Waals surface area contributed by atoms with E-state index in [9.17, 15) is 15.0 Å². The number of hydrogen-bond donors (Lipinski definition) is 2. The zero-order valence-corrected chi connectivity index (χ0v) is 13.2. The van der Waals surface area contributed by atoms with E-state index in [1.165, 1.54) is 18.2 Å². The molecule has 4 heteroatoms. The van der Waals surface area contributed by atoms with Crippen LogP contribution in [0, 0.1) is 5.92 Å². The van der Waals surface area contributed by atoms with Crippen molar-refractivity contribution in [2.24, 2.45) is 5.92 Å². The van der Waals surface area contributed by atoms with Crippen LogP contribution in [0.5, 0.6) is 17.2 Å². The molecule has 0 aliphatic rings. The second-order valence-electron chi connectivity index (χ2n) is 5.68. The minimum atomic E-state index is -0.337. The first-order chi connectivity index (χ1) is 11.0. The largest absolute Gasteiger partial charge is 0.508 e. The zero-order valence-electron chi connectivity index (χ0n) is 13.2. The standard InChI is InChI=1S/C19H20O4/c1-13(2)12-23-16-5-3-4-14(10-16)6-9-18(21)17-8-7-15(20)11-19(17)22/h3-11,13,20,22H,12H2,1-2H3/b9-6+. The molecule has 0 bridgehead atoms. The van der Waals surface area contributed by atoms with Gasteiger partial charge in [0.2, 0.25) is 0 Å². The number of allylic oxidation sites excluding steroid dienone is 1. The van der Waals surface area contributed by atoms with E-state index in [2.05, 4.69) is 13.8 Å². The predicted molar refractivity (Wildman–Crippen MR) is 89.9 cm³/mol. The molecule has 2 aromatic rings. The fourth-order valence-corrected chi connectivity index (χ4v) is 1.96. The van der Waals surface area contributed by atoms with Crippen LogP contribution in [0.1, 0.15) is 29.8 Å². The van der Waals surface area contributed by atoms with E-state index in [0.717, 1.165) is 17.4 Å². The number of phenols is 2. The first-order valence-corrected chi connectivity index (χ1v) is 7.43. The lowest BCUT2D eigenvalue weighted by atomic mass is 10.1. The molecule has 0 unspecified atom stereocenters. The zero-order chi connectivity index (χ0) is 16.8. The third-order valence-electron chi connectivity index (χ3n) is 3.12. The molecule has 0 aliphatic carbocycles. The lowest BCUT2D eigenvalue weighted by Crippen LogP contribution is -2.04. The van der Waals surface area contributed by atoms with Crippen molar-refractivity contribution in [3.05, 3.63) is 59.7 Å². The average molecular weight is 312 g/mol. The quantitative estimate of drug-likeness (QED) is 0.624. The minimum absolute atomic E-state index is 0.0852. The fraction of sp³-hybridized carbons (Fsp3) is 0.211. The van der Waals surface area contributed by atoms with Gasteiger partial charge in [-0.3, -0.25) is 4.79 Å². The first kappa shape index (κ1) is 16.6. The van der Waals surface area contributed by atoms with Crippen molar-refractivity contribution in [3.8, 4) is 17.2 Å². The monoisotopic (exact) mass is 312 g/mol. The molecule has 4 nitrogen and oxygen atoms in total. The molecule has 0 spiro atoms. The van der Waals surface area contributed by atoms with Crippen LogP contribution in [0.15, 0.2) is 48.5 Å². The van der Waals surface area contributed by atoms with Crippen LogP contribution in [0.2, 0.25) is 0 Å². The van der Waals surface area contributed by atoms with Gasteiger partial charge in [0.05, 0.1) is 12.2 Å². The number of benzene rings is 2. The second kappa shape index (κ2) is 7.49. The molecule has 0 aromatic heterocycles. The SMILES string of the molecule is CC(C)COc1cccc(/C=C/C(=O)c2ccc(O)cc2O)c1. The average Bonchev–Trinajstić information content (AvgIpc) is 2.51. The molecular formula is C19H20O4. The van der Waals surface area contributed by atoms with Gasteiger partial charge in [-0.25, -0.2) is 0 Å². The Labute approximate surface area is 135 Å². The van der Waals surface area contributed by atoms with E-state index in [4.69, 9.17) is 4.74 Å². The van der Waals surface area contributed by atoms with Crippen molar-refractivity contribution in [3.63, 3.8) is 0 Å². The van der Waals surface area contributed by atoms with E-state index in [1.807, 2.05) is 24.3 Å². The van der Waals surface area contributed by atoms with Crippen LogP contribution in [0.4, 0.5) is 0 Å². The maximum Gasteiger partial charge on any atom is 0.189 e. The van der Waals surface area contributed by atoms with E-state index in [-0.39, 0.29) is 22.8 Å². The fourth-order valence-electron chi connectivity index (χ4n) is 1.96. The summed E-state index contributed by atoms with van der Waals surface area (Å²) in [5.74, 6) is 0.525. The minimum Gasteiger partial charge on any atom is -0.508 e. The number of aromatic hydroxyl groups is 2. The van der Waals surface area contributed by atoms with Crippen molar-refractivity contribution < 1.29 is 19.7 Å². The first-order valence-electron chi connectivity index (χ1n) is 7.43. The van der Waals surface area contributed by atoms with Gasteiger partial charge in [-0.2, -0.15) is 0 Å². The van der Waals surface area contributed by atoms with Gasteiger partial charge in [0.15, 0.2) is 5.78 Å². The third kappa shape index (κ3) is 4.88. The number of hydrogen-bond acceptors (Lipinski definition) is 4. The van der Waals surface area contributed by atoms with Crippen LogP contribution in [0.3, 0.4) is 0 Å². The maximum atomic E-state index is 12.1. The van der Waals surface area contributed by atoms with Crippen LogP contribution in [-0.4, -0.2) is 22.6 Å². The molecular weight excluding hydrogens is 292 g/mol. The summed E-state index contributed by atoms with van der Waals surface area (Å²) in [6.45, 7) is 4.78. The Hall–Kier alpha value is -2.75. The molecule has 2 aromatic carbocycles. The number of phenolic OH excluding ortho intramolecular Hbond substituents is 2. The number of carbonyl (C=O) groups excluding carboxylic acids is 1. The molecule has 23 heavy (non-hydrogen) atoms. The van der Waals surface area contributed by atoms with Gasteiger partial charge in [-0.05, 0) is 41.8 Å². The Bertz CT molecular complexity index is 717. The Balaban J connectivity index is 2.10. The molecule has 0 aliphatic heterocycles. The Morgan fingerprint density at radius 3 is 2.65 bits per heavy atom. The molecule has 0 radical (unpaired) electrons. The number of ether oxygens (including phenoxy) is 1. The van der Waals surface area contributed by atoms with Gasteiger partial charge in [-0.15, -0.1) is 0 Å². The van der Waals surface area contributed by atoms with Crippen molar-refractivity contribution in [1.29, 1.82) is 0 Å². The summed E-state index contributed by atoms with van der Waals surface area (Å²) >= 11 is 0. The Kier molecular flexibility index (Phi) is 5.41. The van der Waals surface area contributed by atoms with Gasteiger partial charge >= 0.3 is 0 Å². The molecule has 0 saturated carbocycles. The maximum absolute atomic E-state index is 12.1. The lowest BCUT2D eigenvalue weighted by molar-refractivity contribution is 0.104. The van der Waals surface area contributed by atoms with Gasteiger partial charge in [-0.1, -0.05) is 32.1 Å². The lowest BCUT2D eigenvalue weighted by Gasteiger charge is -2.08. The van der Waals surface area contributed by atoms with Crippen molar-refractivity contribution in [1.82, 2.24) is 0 Å². The van der Waals surface area contributed by atoms with E-state index in [1.54, 1.807) is 6.08 Å². The molecule has 2 N–H and O–H groups in total. The predicted octanol–water partition coefficient (Wildman–Crippen LogP) is 4.03. The van der Waals surface area contributed by atoms with Crippen LogP contribution in [0.25, 0.3) is 6.08 Å². The summed E-state index contributed by atoms with van der Waals surface area (Å²) in [6, 6.07) is 11.3. The molecule has 2 rings (SSSR count). The van der Waals surface area contributed by atoms with Crippen LogP contribution >= 0.6 is 0 Å². The summed E-state index contributed by atoms with van der Waals surface area (Å²) in [5, 5.41) is 18.9. The number of carbonyl (C=O) groups is 1. The van der Waals surface area contributed by atoms with Crippen LogP contribution in [-0.2, 0) is 0 Å². The van der Waals surface area contributed by atoms with Crippen molar-refractivity contribution in [2.45, 2.75) is 13.8 Å². The Morgan fingerprint density at radius 1 is 1.17 bits per heavy atom. The summed E-state index contributed by atoms with van der Waals surface area (Å²) in [5.41, 5.74) is 0.976. The van der Waals surface area contributed by atoms with Gasteiger partial charge in [0, 0.05) is 6.07 Å².